The van der Waals surface area contributed by atoms with Crippen LogP contribution in [0.4, 0.5) is 56.9 Å². The summed E-state index contributed by atoms with van der Waals surface area (Å²) in [5.74, 6) is 1.79. The zero-order valence-corrected chi connectivity index (χ0v) is 76.6. The summed E-state index contributed by atoms with van der Waals surface area (Å²) in [6.07, 6.45) is 8.35. The number of alkyl halides is 1. The Morgan fingerprint density at radius 1 is 0.377 bits per heavy atom. The van der Waals surface area contributed by atoms with Crippen molar-refractivity contribution in [1.29, 1.82) is 0 Å². The number of aliphatic hydroxyl groups excluding tert-OH is 1. The molecule has 4 atom stereocenters. The lowest BCUT2D eigenvalue weighted by atomic mass is 9.82. The molecule has 0 saturated heterocycles. The Bertz CT molecular complexity index is 5020. The summed E-state index contributed by atoms with van der Waals surface area (Å²) < 4.78 is 9.13. The molecule has 0 heterocycles. The molecule has 0 aliphatic heterocycles. The lowest BCUT2D eigenvalue weighted by molar-refractivity contribution is -0.139. The second-order valence-electron chi connectivity index (χ2n) is 33.7. The molecular formula is C110H127ClN6O5+2. The van der Waals surface area contributed by atoms with Crippen molar-refractivity contribution in [1.82, 2.24) is 0 Å². The highest BCUT2D eigenvalue weighted by atomic mass is 35.5. The number of esters is 2. The number of carbonyl (C=O) groups excluding carboxylic acids is 2. The summed E-state index contributed by atoms with van der Waals surface area (Å²) in [6.45, 7) is 40.7. The number of hydrogen-bond donors (Lipinski definition) is 3. The van der Waals surface area contributed by atoms with Crippen molar-refractivity contribution < 1.29 is 24.2 Å². The van der Waals surface area contributed by atoms with Gasteiger partial charge >= 0.3 is 11.9 Å². The van der Waals surface area contributed by atoms with Crippen molar-refractivity contribution in [2.75, 3.05) is 71.6 Å². The van der Waals surface area contributed by atoms with Gasteiger partial charge in [0.05, 0.1) is 110 Å². The first-order valence-corrected chi connectivity index (χ1v) is 43.8. The molecule has 14 rings (SSSR count). The van der Waals surface area contributed by atoms with E-state index in [1.807, 2.05) is 0 Å². The first-order valence-electron chi connectivity index (χ1n) is 43.3. The third kappa shape index (κ3) is 21.6. The zero-order chi connectivity index (χ0) is 87.9. The summed E-state index contributed by atoms with van der Waals surface area (Å²) in [4.78, 5) is 30.1. The number of hydrogen-bond acceptors (Lipinski definition) is 11. The predicted octanol–water partition coefficient (Wildman–Crippen LogP) is 27.4. The van der Waals surface area contributed by atoms with Gasteiger partial charge in [-0.25, -0.2) is 9.59 Å². The molecule has 0 bridgehead atoms. The number of nitrogens with one attached hydrogen (secondary N) is 2. The highest BCUT2D eigenvalue weighted by Crippen LogP contribution is 2.45. The molecule has 122 heavy (non-hydrogen) atoms. The van der Waals surface area contributed by atoms with Gasteiger partial charge in [0.2, 0.25) is 0 Å². The summed E-state index contributed by atoms with van der Waals surface area (Å²) in [7, 11) is 8.68. The fraction of sp³-hybridized carbons (Fsp3) is 0.309. The molecule has 0 spiro atoms. The largest absolute Gasteiger partial charge is 0.463 e. The van der Waals surface area contributed by atoms with E-state index in [4.69, 9.17) is 11.6 Å². The fourth-order valence-electron chi connectivity index (χ4n) is 18.4. The van der Waals surface area contributed by atoms with Crippen LogP contribution < -0.4 is 30.2 Å². The molecular weight excluding hydrogens is 1520 g/mol. The lowest BCUT2D eigenvalue weighted by Gasteiger charge is -2.29. The molecule has 3 N–H and O–H groups in total. The molecule has 2 saturated carbocycles. The Balaban J connectivity index is 0.000000202. The van der Waals surface area contributed by atoms with Gasteiger partial charge in [-0.1, -0.05) is 134 Å². The number of benzene rings is 12. The van der Waals surface area contributed by atoms with Gasteiger partial charge in [0.15, 0.2) is 0 Å². The summed E-state index contributed by atoms with van der Waals surface area (Å²) in [5.41, 5.74) is 35.3. The summed E-state index contributed by atoms with van der Waals surface area (Å²) >= 11 is 6.85. The maximum Gasteiger partial charge on any atom is 0.333 e. The molecule has 11 nitrogen and oxygen atoms in total. The third-order valence-corrected chi connectivity index (χ3v) is 24.3. The van der Waals surface area contributed by atoms with E-state index in [9.17, 15) is 14.7 Å². The van der Waals surface area contributed by atoms with Crippen molar-refractivity contribution in [3.05, 3.63) is 355 Å². The predicted molar refractivity (Wildman–Crippen MR) is 520 cm³/mol. The SMILES string of the molecule is C=C(C)C(=O)OCC.C=C(C)C(=O)OCC.Cc1cc(C)c(N(C)c2ccc([C+](c3ccc(N(C)c4c(C)cc(C)cc4C)cc3)c3ccc(NC4CCCCC4Cl)c4ccccc34)cc2)c(C)c1.Cc1cc(C)c(N(C)c2ccc([C+](c3ccc(N(C)c4c(C)cc(C)cc4C)cc3)c3ccc(NC4CCCCC4O)c4ccccc34)cc2)c(C)c1. The van der Waals surface area contributed by atoms with Crippen molar-refractivity contribution >= 4 is 102 Å². The zero-order valence-electron chi connectivity index (χ0n) is 75.8. The number of aryl methyl sites for hydroxylation is 12. The van der Waals surface area contributed by atoms with E-state index in [-0.39, 0.29) is 35.5 Å². The van der Waals surface area contributed by atoms with E-state index in [1.54, 1.807) is 27.7 Å². The number of nitrogens with zero attached hydrogens (tertiary/aromatic N) is 4. The topological polar surface area (TPSA) is 110 Å². The van der Waals surface area contributed by atoms with Crippen molar-refractivity contribution in [2.24, 2.45) is 0 Å². The quantitative estimate of drug-likeness (QED) is 0.0198. The van der Waals surface area contributed by atoms with Crippen LogP contribution in [0.25, 0.3) is 21.5 Å². The maximum atomic E-state index is 10.8. The molecule has 2 aliphatic rings. The van der Waals surface area contributed by atoms with E-state index in [1.165, 1.54) is 169 Å². The van der Waals surface area contributed by atoms with Gasteiger partial charge < -0.3 is 44.8 Å². The molecule has 632 valence electrons. The highest BCUT2D eigenvalue weighted by Gasteiger charge is 2.32. The third-order valence-electron chi connectivity index (χ3n) is 23.8. The van der Waals surface area contributed by atoms with Gasteiger partial charge in [-0.05, 0) is 327 Å². The molecule has 12 aromatic rings. The monoisotopic (exact) mass is 1650 g/mol. The first-order chi connectivity index (χ1) is 58.3. The van der Waals surface area contributed by atoms with Crippen LogP contribution in [-0.4, -0.2) is 82.0 Å². The highest BCUT2D eigenvalue weighted by molar-refractivity contribution is 6.21. The van der Waals surface area contributed by atoms with Gasteiger partial charge in [0.1, 0.15) is 0 Å². The first kappa shape index (κ1) is 91.1. The molecule has 0 amide bonds. The van der Waals surface area contributed by atoms with Crippen LogP contribution in [0.2, 0.25) is 0 Å². The lowest BCUT2D eigenvalue weighted by Crippen LogP contribution is -2.36. The number of halogens is 1. The summed E-state index contributed by atoms with van der Waals surface area (Å²) in [5, 5.41) is 23.4. The summed E-state index contributed by atoms with van der Waals surface area (Å²) in [6, 6.07) is 81.4. The number of rotatable bonds is 22. The molecule has 0 radical (unpaired) electrons. The average molecular weight is 1650 g/mol. The van der Waals surface area contributed by atoms with Crippen LogP contribution in [-0.2, 0) is 19.1 Å². The maximum absolute atomic E-state index is 10.8. The van der Waals surface area contributed by atoms with Gasteiger partial charge in [-0.15, -0.1) is 11.6 Å². The number of fused-ring (bicyclic) bond motifs is 2. The van der Waals surface area contributed by atoms with Crippen molar-refractivity contribution in [3.8, 4) is 0 Å². The fourth-order valence-corrected chi connectivity index (χ4v) is 18.7. The van der Waals surface area contributed by atoms with E-state index in [2.05, 4.69) is 383 Å². The van der Waals surface area contributed by atoms with Gasteiger partial charge in [0, 0.05) is 89.7 Å². The van der Waals surface area contributed by atoms with E-state index in [0.717, 1.165) is 72.6 Å². The van der Waals surface area contributed by atoms with E-state index < -0.39 is 0 Å². The van der Waals surface area contributed by atoms with Crippen molar-refractivity contribution in [2.45, 2.75) is 186 Å². The van der Waals surface area contributed by atoms with Crippen LogP contribution in [0.5, 0.6) is 0 Å². The average Bonchev–Trinajstić information content (AvgIpc) is 0.767. The van der Waals surface area contributed by atoms with Gasteiger partial charge in [-0.2, -0.15) is 0 Å². The minimum absolute atomic E-state index is 0.0668. The second kappa shape index (κ2) is 41.3. The van der Waals surface area contributed by atoms with Gasteiger partial charge in [-0.3, -0.25) is 0 Å². The molecule has 2 fully saturated rings. The Morgan fingerprint density at radius 2 is 0.631 bits per heavy atom. The Labute approximate surface area is 733 Å². The molecule has 0 aromatic heterocycles. The van der Waals surface area contributed by atoms with E-state index >= 15 is 0 Å². The Hall–Kier alpha value is -11.6. The molecule has 2 aliphatic carbocycles. The smallest absolute Gasteiger partial charge is 0.333 e. The minimum Gasteiger partial charge on any atom is -0.463 e. The Kier molecular flexibility index (Phi) is 30.8. The number of carbonyl (C=O) groups is 2. The molecule has 4 unspecified atom stereocenters. The molecule has 12 aromatic carbocycles. The number of anilines is 10. The second-order valence-corrected chi connectivity index (χ2v) is 34.3. The van der Waals surface area contributed by atoms with Crippen LogP contribution in [0.1, 0.15) is 179 Å². The van der Waals surface area contributed by atoms with Gasteiger partial charge in [0.25, 0.3) is 0 Å². The minimum atomic E-state index is -0.322. The number of aliphatic hydroxyl groups is 1. The van der Waals surface area contributed by atoms with Crippen LogP contribution in [0.3, 0.4) is 0 Å². The van der Waals surface area contributed by atoms with Crippen LogP contribution >= 0.6 is 11.6 Å². The van der Waals surface area contributed by atoms with Crippen molar-refractivity contribution in [3.63, 3.8) is 0 Å². The van der Waals surface area contributed by atoms with E-state index in [0.29, 0.717) is 24.4 Å². The number of ether oxygens (including phenoxy) is 2. The standard InChI is InChI=1S/C49H53ClN3.C49H54N3O.2C6H10O2/c1-31-27-33(3)48(34(4)28-31)52(7)39-21-17-37(18-22-39)47(38-19-23-40(24-20-38)53(8)49-35(5)29-32(2)30-36(49)6)43-25-26-45(42-14-10-9-13-41(42)43)51-46-16-12-11-15-44(46)50;1-31-27-33(3)48(34(4)28-31)51(7)39-21-17-37(18-22-39)47(38-19-23-40(24-20-38)52(8)49-35(5)29-32(2)30-36(49)6)43-25-26-44(42-14-10-9-13-41(42)43)50-45-15-11-12-16-46(45)53;2*1-4-8-6(7)5(2)3/h9-10,13-14,17-30,44,46,51H,11-12,15-16H2,1-8H3;9-10,13-14,17-30,45-46,50,53H,11-12,15-16H2,1-8H3;2*2,4H2,1,3H3/q2*+1;;. The van der Waals surface area contributed by atoms with Crippen LogP contribution in [0.15, 0.2) is 243 Å². The van der Waals surface area contributed by atoms with Crippen LogP contribution in [0, 0.1) is 94.9 Å². The normalized spacial score (nSPS) is 14.7. The molecule has 12 heteroatoms. The Morgan fingerprint density at radius 3 is 0.885 bits per heavy atom.